The van der Waals surface area contributed by atoms with E-state index in [0.717, 1.165) is 15.9 Å². The van der Waals surface area contributed by atoms with Crippen molar-refractivity contribution in [1.29, 1.82) is 0 Å². The van der Waals surface area contributed by atoms with Crippen molar-refractivity contribution in [3.05, 3.63) is 30.3 Å². The third-order valence-electron chi connectivity index (χ3n) is 2.28. The second-order valence-corrected chi connectivity index (χ2v) is 4.28. The summed E-state index contributed by atoms with van der Waals surface area (Å²) in [4.78, 5) is 4.24. The Morgan fingerprint density at radius 2 is 2.40 bits per heavy atom. The number of nitrogen functional groups attached to an aromatic ring is 1. The lowest BCUT2D eigenvalue weighted by Crippen LogP contribution is -2.12. The highest BCUT2D eigenvalue weighted by molar-refractivity contribution is 7.16. The molecular weight excluding hydrogens is 206 g/mol. The summed E-state index contributed by atoms with van der Waals surface area (Å²) in [6.45, 7) is 5.75. The minimum Gasteiger partial charge on any atom is -0.395 e. The van der Waals surface area contributed by atoms with E-state index in [1.54, 1.807) is 11.3 Å². The fraction of sp³-hybridized carbons (Fsp3) is 0.182. The van der Waals surface area contributed by atoms with Crippen molar-refractivity contribution >= 4 is 32.9 Å². The molecule has 0 spiro atoms. The number of thiazole rings is 1. The van der Waals surface area contributed by atoms with Gasteiger partial charge in [-0.15, -0.1) is 17.9 Å². The second-order valence-electron chi connectivity index (χ2n) is 3.39. The maximum Gasteiger partial charge on any atom is 0.106 e. The van der Waals surface area contributed by atoms with Crippen molar-refractivity contribution in [2.75, 3.05) is 11.1 Å². The molecule has 1 atom stereocenters. The summed E-state index contributed by atoms with van der Waals surface area (Å²) in [6, 6.07) is 4.21. The first-order valence-corrected chi connectivity index (χ1v) is 5.61. The van der Waals surface area contributed by atoms with Crippen LogP contribution in [-0.2, 0) is 0 Å². The Morgan fingerprint density at radius 3 is 3.13 bits per heavy atom. The molecule has 0 aliphatic heterocycles. The third-order valence-corrected chi connectivity index (χ3v) is 3.07. The molecule has 1 aromatic heterocycles. The summed E-state index contributed by atoms with van der Waals surface area (Å²) >= 11 is 1.60. The number of nitrogens with zero attached hydrogens (tertiary/aromatic N) is 1. The summed E-state index contributed by atoms with van der Waals surface area (Å²) in [6.07, 6.45) is 1.84. The molecular formula is C11H13N3S. The molecule has 2 rings (SSSR count). The van der Waals surface area contributed by atoms with Crippen LogP contribution in [0.2, 0.25) is 0 Å². The number of aromatic nitrogens is 1. The van der Waals surface area contributed by atoms with Gasteiger partial charge in [-0.1, -0.05) is 6.08 Å². The quantitative estimate of drug-likeness (QED) is 0.616. The first-order valence-electron chi connectivity index (χ1n) is 4.73. The van der Waals surface area contributed by atoms with Crippen molar-refractivity contribution in [2.45, 2.75) is 13.0 Å². The van der Waals surface area contributed by atoms with Crippen molar-refractivity contribution in [1.82, 2.24) is 4.98 Å². The van der Waals surface area contributed by atoms with Crippen LogP contribution in [0.3, 0.4) is 0 Å². The average molecular weight is 219 g/mol. The molecule has 2 aromatic rings. The minimum absolute atomic E-state index is 0.198. The van der Waals surface area contributed by atoms with Crippen LogP contribution >= 0.6 is 11.3 Å². The Morgan fingerprint density at radius 1 is 1.60 bits per heavy atom. The highest BCUT2D eigenvalue weighted by Crippen LogP contribution is 2.30. The maximum atomic E-state index is 6.01. The number of benzene rings is 1. The molecule has 0 saturated heterocycles. The van der Waals surface area contributed by atoms with Gasteiger partial charge in [0.25, 0.3) is 0 Å². The third kappa shape index (κ3) is 1.80. The van der Waals surface area contributed by atoms with E-state index in [0.29, 0.717) is 5.69 Å². The van der Waals surface area contributed by atoms with Crippen LogP contribution in [0.4, 0.5) is 11.4 Å². The van der Waals surface area contributed by atoms with Crippen molar-refractivity contribution in [3.8, 4) is 0 Å². The van der Waals surface area contributed by atoms with Gasteiger partial charge in [-0.25, -0.2) is 4.98 Å². The summed E-state index contributed by atoms with van der Waals surface area (Å²) in [5.74, 6) is 0. The molecule has 4 heteroatoms. The lowest BCUT2D eigenvalue weighted by atomic mass is 10.2. The van der Waals surface area contributed by atoms with Gasteiger partial charge in [-0.05, 0) is 19.1 Å². The molecule has 0 aliphatic carbocycles. The smallest absolute Gasteiger partial charge is 0.106 e. The van der Waals surface area contributed by atoms with Gasteiger partial charge >= 0.3 is 0 Å². The van der Waals surface area contributed by atoms with E-state index in [9.17, 15) is 0 Å². The van der Waals surface area contributed by atoms with Crippen molar-refractivity contribution < 1.29 is 0 Å². The van der Waals surface area contributed by atoms with Crippen LogP contribution in [0.5, 0.6) is 0 Å². The van der Waals surface area contributed by atoms with Crippen LogP contribution in [0, 0.1) is 0 Å². The number of nitrogens with one attached hydrogen (secondary N) is 1. The van der Waals surface area contributed by atoms with Gasteiger partial charge in [0.15, 0.2) is 0 Å². The summed E-state index contributed by atoms with van der Waals surface area (Å²) in [5, 5.41) is 3.26. The van der Waals surface area contributed by atoms with E-state index < -0.39 is 0 Å². The van der Waals surface area contributed by atoms with Gasteiger partial charge in [-0.3, -0.25) is 0 Å². The van der Waals surface area contributed by atoms with Gasteiger partial charge < -0.3 is 11.1 Å². The van der Waals surface area contributed by atoms with E-state index in [2.05, 4.69) is 16.9 Å². The van der Waals surface area contributed by atoms with Gasteiger partial charge in [0, 0.05) is 6.04 Å². The molecule has 3 N–H and O–H groups in total. The van der Waals surface area contributed by atoms with Crippen molar-refractivity contribution in [2.24, 2.45) is 0 Å². The maximum absolute atomic E-state index is 6.01. The first kappa shape index (κ1) is 9.98. The van der Waals surface area contributed by atoms with Gasteiger partial charge in [-0.2, -0.15) is 0 Å². The number of nitrogens with two attached hydrogens (primary N) is 1. The van der Waals surface area contributed by atoms with Crippen LogP contribution < -0.4 is 11.1 Å². The predicted molar refractivity (Wildman–Crippen MR) is 67.3 cm³/mol. The Kier molecular flexibility index (Phi) is 2.60. The summed E-state index contributed by atoms with van der Waals surface area (Å²) in [5.41, 5.74) is 10.3. The Balaban J connectivity index is 2.43. The van der Waals surface area contributed by atoms with Crippen LogP contribution in [0.25, 0.3) is 10.2 Å². The van der Waals surface area contributed by atoms with E-state index in [1.807, 2.05) is 30.6 Å². The number of anilines is 2. The predicted octanol–water partition coefficient (Wildman–Crippen LogP) is 2.86. The number of hydrogen-bond donors (Lipinski definition) is 2. The summed E-state index contributed by atoms with van der Waals surface area (Å²) < 4.78 is 1.12. The standard InChI is InChI=1S/C11H13N3S/c1-3-7(2)14-8-4-5-9-11(10(8)12)13-6-15-9/h3-7,14H,1,12H2,2H3. The number of fused-ring (bicyclic) bond motifs is 1. The Bertz CT molecular complexity index is 490. The minimum atomic E-state index is 0.198. The van der Waals surface area contributed by atoms with E-state index in [-0.39, 0.29) is 6.04 Å². The topological polar surface area (TPSA) is 50.9 Å². The first-order chi connectivity index (χ1) is 7.22. The molecule has 1 unspecified atom stereocenters. The zero-order valence-corrected chi connectivity index (χ0v) is 9.34. The molecule has 0 amide bonds. The van der Waals surface area contributed by atoms with Crippen LogP contribution in [-0.4, -0.2) is 11.0 Å². The molecule has 15 heavy (non-hydrogen) atoms. The lowest BCUT2D eigenvalue weighted by molar-refractivity contribution is 1.00. The zero-order valence-electron chi connectivity index (χ0n) is 8.53. The zero-order chi connectivity index (χ0) is 10.8. The van der Waals surface area contributed by atoms with Gasteiger partial charge in [0.05, 0.1) is 21.6 Å². The van der Waals surface area contributed by atoms with Gasteiger partial charge in [0.1, 0.15) is 5.52 Å². The van der Waals surface area contributed by atoms with Gasteiger partial charge in [0.2, 0.25) is 0 Å². The van der Waals surface area contributed by atoms with Crippen LogP contribution in [0.1, 0.15) is 6.92 Å². The second kappa shape index (κ2) is 3.90. The Hall–Kier alpha value is -1.55. The lowest BCUT2D eigenvalue weighted by Gasteiger charge is -2.13. The normalized spacial score (nSPS) is 12.6. The highest BCUT2D eigenvalue weighted by Gasteiger charge is 2.07. The fourth-order valence-electron chi connectivity index (χ4n) is 1.38. The fourth-order valence-corrected chi connectivity index (χ4v) is 2.07. The Labute approximate surface area is 92.6 Å². The molecule has 0 aliphatic rings. The number of hydrogen-bond acceptors (Lipinski definition) is 4. The van der Waals surface area contributed by atoms with E-state index in [4.69, 9.17) is 5.73 Å². The molecule has 78 valence electrons. The molecule has 0 saturated carbocycles. The average Bonchev–Trinajstić information content (AvgIpc) is 2.70. The van der Waals surface area contributed by atoms with Crippen molar-refractivity contribution in [3.63, 3.8) is 0 Å². The molecule has 0 fully saturated rings. The molecule has 1 heterocycles. The molecule has 0 radical (unpaired) electrons. The molecule has 1 aromatic carbocycles. The number of rotatable bonds is 3. The molecule has 0 bridgehead atoms. The largest absolute Gasteiger partial charge is 0.395 e. The van der Waals surface area contributed by atoms with Crippen LogP contribution in [0.15, 0.2) is 30.3 Å². The summed E-state index contributed by atoms with van der Waals surface area (Å²) in [7, 11) is 0. The SMILES string of the molecule is C=CC(C)Nc1ccc2scnc2c1N. The van der Waals surface area contributed by atoms with E-state index >= 15 is 0 Å². The van der Waals surface area contributed by atoms with E-state index in [1.165, 1.54) is 0 Å². The highest BCUT2D eigenvalue weighted by atomic mass is 32.1. The monoisotopic (exact) mass is 219 g/mol. The molecule has 3 nitrogen and oxygen atoms in total.